The molecule has 0 heterocycles. The Morgan fingerprint density at radius 1 is 0.296 bits per heavy atom. The fourth-order valence-electron chi connectivity index (χ4n) is 7.85. The number of unbranched alkanes of at least 4 members (excludes halogenated alkanes) is 23. The van der Waals surface area contributed by atoms with Crippen LogP contribution in [0, 0.1) is 0 Å². The van der Waals surface area contributed by atoms with Crippen LogP contribution in [0.2, 0.25) is 0 Å². The van der Waals surface area contributed by atoms with E-state index in [0.717, 1.165) is 89.9 Å². The summed E-state index contributed by atoms with van der Waals surface area (Å²) in [5.41, 5.74) is 0. The summed E-state index contributed by atoms with van der Waals surface area (Å²) < 4.78 is 16.8. The Labute approximate surface area is 438 Å². The highest BCUT2D eigenvalue weighted by molar-refractivity contribution is 5.71. The first-order chi connectivity index (χ1) is 35.0. The van der Waals surface area contributed by atoms with Gasteiger partial charge in [0, 0.05) is 19.3 Å². The highest BCUT2D eigenvalue weighted by atomic mass is 16.6. The van der Waals surface area contributed by atoms with Crippen LogP contribution in [0.15, 0.2) is 109 Å². The minimum Gasteiger partial charge on any atom is -0.462 e. The van der Waals surface area contributed by atoms with Crippen molar-refractivity contribution in [2.75, 3.05) is 13.2 Å². The van der Waals surface area contributed by atoms with Crippen LogP contribution in [0.25, 0.3) is 0 Å². The van der Waals surface area contributed by atoms with Crippen LogP contribution >= 0.6 is 0 Å². The van der Waals surface area contributed by atoms with Gasteiger partial charge in [0.1, 0.15) is 13.2 Å². The van der Waals surface area contributed by atoms with Gasteiger partial charge in [0.05, 0.1) is 0 Å². The lowest BCUT2D eigenvalue weighted by atomic mass is 10.1. The van der Waals surface area contributed by atoms with Crippen LogP contribution in [0.4, 0.5) is 0 Å². The number of rotatable bonds is 52. The maximum absolute atomic E-state index is 12.9. The van der Waals surface area contributed by atoms with Gasteiger partial charge in [-0.05, 0) is 116 Å². The Balaban J connectivity index is 4.52. The first-order valence-electron chi connectivity index (χ1n) is 29.4. The van der Waals surface area contributed by atoms with E-state index in [1.165, 1.54) is 128 Å². The largest absolute Gasteiger partial charge is 0.462 e. The summed E-state index contributed by atoms with van der Waals surface area (Å²) in [5.74, 6) is -1.01. The number of esters is 3. The molecule has 0 amide bonds. The maximum Gasteiger partial charge on any atom is 0.306 e. The Morgan fingerprint density at radius 3 is 0.986 bits per heavy atom. The lowest BCUT2D eigenvalue weighted by Gasteiger charge is -2.18. The molecule has 1 atom stereocenters. The predicted molar refractivity (Wildman–Crippen MR) is 307 cm³/mol. The molecule has 404 valence electrons. The predicted octanol–water partition coefficient (Wildman–Crippen LogP) is 19.9. The molecule has 0 bridgehead atoms. The lowest BCUT2D eigenvalue weighted by molar-refractivity contribution is -0.166. The van der Waals surface area contributed by atoms with Crippen molar-refractivity contribution < 1.29 is 28.6 Å². The summed E-state index contributed by atoms with van der Waals surface area (Å²) in [6, 6.07) is 0. The SMILES string of the molecule is CC/C=C\C/C=C\C/C=C\C/C=C\C/C=C\C/C=C\CCC(=O)OCC(COC(=O)CCCCCCCCC/C=C\CCCCCCCC)OC(=O)CCCCCCCCC/C=C\C/C=C\CCCCC. The van der Waals surface area contributed by atoms with Crippen molar-refractivity contribution in [2.24, 2.45) is 0 Å². The topological polar surface area (TPSA) is 78.9 Å². The zero-order valence-corrected chi connectivity index (χ0v) is 46.2. The zero-order valence-electron chi connectivity index (χ0n) is 46.2. The number of carbonyl (C=O) groups excluding carboxylic acids is 3. The number of allylic oxidation sites excluding steroid dienone is 18. The Hall–Kier alpha value is -3.93. The molecule has 0 saturated carbocycles. The van der Waals surface area contributed by atoms with E-state index in [4.69, 9.17) is 14.2 Å². The molecule has 0 N–H and O–H groups in total. The van der Waals surface area contributed by atoms with Crippen LogP contribution in [0.3, 0.4) is 0 Å². The molecule has 71 heavy (non-hydrogen) atoms. The molecule has 0 aliphatic carbocycles. The van der Waals surface area contributed by atoms with Gasteiger partial charge >= 0.3 is 17.9 Å². The van der Waals surface area contributed by atoms with Crippen LogP contribution < -0.4 is 0 Å². The average Bonchev–Trinajstić information content (AvgIpc) is 3.37. The fraction of sp³-hybridized carbons (Fsp3) is 0.677. The summed E-state index contributed by atoms with van der Waals surface area (Å²) in [4.78, 5) is 38.2. The van der Waals surface area contributed by atoms with Crippen molar-refractivity contribution >= 4 is 17.9 Å². The van der Waals surface area contributed by atoms with Crippen molar-refractivity contribution in [1.82, 2.24) is 0 Å². The van der Waals surface area contributed by atoms with E-state index >= 15 is 0 Å². The summed E-state index contributed by atoms with van der Waals surface area (Å²) in [6.45, 7) is 6.43. The van der Waals surface area contributed by atoms with Crippen molar-refractivity contribution in [2.45, 2.75) is 271 Å². The van der Waals surface area contributed by atoms with Gasteiger partial charge in [-0.15, -0.1) is 0 Å². The third-order valence-electron chi connectivity index (χ3n) is 12.2. The number of ether oxygens (including phenoxy) is 3. The summed E-state index contributed by atoms with van der Waals surface area (Å²) in [6.07, 6.45) is 79.4. The van der Waals surface area contributed by atoms with Gasteiger partial charge in [-0.2, -0.15) is 0 Å². The molecule has 0 rings (SSSR count). The van der Waals surface area contributed by atoms with E-state index in [0.29, 0.717) is 19.3 Å². The third-order valence-corrected chi connectivity index (χ3v) is 12.2. The van der Waals surface area contributed by atoms with Crippen LogP contribution in [0.1, 0.15) is 265 Å². The quantitative estimate of drug-likeness (QED) is 0.0261. The van der Waals surface area contributed by atoms with Gasteiger partial charge in [0.15, 0.2) is 6.10 Å². The van der Waals surface area contributed by atoms with Gasteiger partial charge in [-0.25, -0.2) is 0 Å². The van der Waals surface area contributed by atoms with Crippen molar-refractivity contribution in [3.8, 4) is 0 Å². The summed E-state index contributed by atoms with van der Waals surface area (Å²) in [7, 11) is 0. The molecular formula is C65H108O6. The molecule has 1 unspecified atom stereocenters. The second kappa shape index (κ2) is 58.6. The smallest absolute Gasteiger partial charge is 0.306 e. The highest BCUT2D eigenvalue weighted by Gasteiger charge is 2.19. The van der Waals surface area contributed by atoms with E-state index in [1.54, 1.807) is 0 Å². The second-order valence-electron chi connectivity index (χ2n) is 19.2. The summed E-state index contributed by atoms with van der Waals surface area (Å²) in [5, 5.41) is 0. The first kappa shape index (κ1) is 67.1. The van der Waals surface area contributed by atoms with Gasteiger partial charge in [-0.1, -0.05) is 239 Å². The normalized spacial score (nSPS) is 12.9. The fourth-order valence-corrected chi connectivity index (χ4v) is 7.85. The third kappa shape index (κ3) is 56.9. The molecular weight excluding hydrogens is 877 g/mol. The van der Waals surface area contributed by atoms with E-state index in [1.807, 2.05) is 6.08 Å². The second-order valence-corrected chi connectivity index (χ2v) is 19.2. The molecule has 0 aromatic rings. The molecule has 6 nitrogen and oxygen atoms in total. The standard InChI is InChI=1S/C65H108O6/c1-4-7-10-13-16-19-22-25-28-31-32-35-37-40-43-46-49-52-55-58-64(67)70-61-62(71-65(68)59-56-53-50-47-44-41-38-34-30-27-24-21-18-15-12-9-6-3)60-69-63(66)57-54-51-48-45-42-39-36-33-29-26-23-20-17-14-11-8-5-2/h7,10,16,18-19,21,25-30,32,35,40,43,49,52,62H,4-6,8-9,11-15,17,20,22-24,31,33-34,36-39,41-42,44-48,50-51,53-61H2,1-3H3/b10-7-,19-16-,21-18-,28-25-,29-26-,30-27-,35-32-,43-40-,52-49-. The van der Waals surface area contributed by atoms with Crippen molar-refractivity contribution in [3.05, 3.63) is 109 Å². The Morgan fingerprint density at radius 2 is 0.577 bits per heavy atom. The Kier molecular flexibility index (Phi) is 55.4. The van der Waals surface area contributed by atoms with E-state index in [-0.39, 0.29) is 37.5 Å². The minimum absolute atomic E-state index is 0.108. The monoisotopic (exact) mass is 985 g/mol. The number of hydrogen-bond acceptors (Lipinski definition) is 6. The van der Waals surface area contributed by atoms with Crippen LogP contribution in [-0.4, -0.2) is 37.2 Å². The van der Waals surface area contributed by atoms with E-state index < -0.39 is 6.10 Å². The van der Waals surface area contributed by atoms with Crippen molar-refractivity contribution in [1.29, 1.82) is 0 Å². The molecule has 0 aromatic heterocycles. The van der Waals surface area contributed by atoms with Crippen LogP contribution in [0.5, 0.6) is 0 Å². The molecule has 0 aliphatic rings. The van der Waals surface area contributed by atoms with Gasteiger partial charge in [0.25, 0.3) is 0 Å². The van der Waals surface area contributed by atoms with E-state index in [9.17, 15) is 14.4 Å². The lowest BCUT2D eigenvalue weighted by Crippen LogP contribution is -2.30. The molecule has 0 saturated heterocycles. The van der Waals surface area contributed by atoms with E-state index in [2.05, 4.69) is 124 Å². The van der Waals surface area contributed by atoms with Gasteiger partial charge in [-0.3, -0.25) is 14.4 Å². The summed E-state index contributed by atoms with van der Waals surface area (Å²) >= 11 is 0. The minimum atomic E-state index is -0.817. The number of carbonyl (C=O) groups is 3. The Bertz CT molecular complexity index is 1460. The molecule has 6 heteroatoms. The molecule has 0 fully saturated rings. The molecule has 0 spiro atoms. The highest BCUT2D eigenvalue weighted by Crippen LogP contribution is 2.14. The van der Waals surface area contributed by atoms with Gasteiger partial charge in [0.2, 0.25) is 0 Å². The zero-order chi connectivity index (χ0) is 51.4. The average molecular weight is 986 g/mol. The first-order valence-corrected chi connectivity index (χ1v) is 29.4. The molecule has 0 aromatic carbocycles. The molecule has 0 aliphatic heterocycles. The molecule has 0 radical (unpaired) electrons. The van der Waals surface area contributed by atoms with Crippen molar-refractivity contribution in [3.63, 3.8) is 0 Å². The van der Waals surface area contributed by atoms with Crippen LogP contribution in [-0.2, 0) is 28.6 Å². The van der Waals surface area contributed by atoms with Gasteiger partial charge < -0.3 is 14.2 Å². The maximum atomic E-state index is 12.9. The number of hydrogen-bond donors (Lipinski definition) is 0.